The predicted molar refractivity (Wildman–Crippen MR) is 65.9 cm³/mol. The zero-order valence-corrected chi connectivity index (χ0v) is 10.4. The Balaban J connectivity index is 2.61. The summed E-state index contributed by atoms with van der Waals surface area (Å²) < 4.78 is 0. The zero-order chi connectivity index (χ0) is 13.7. The molecule has 0 aromatic carbocycles. The first kappa shape index (κ1) is 14.1. The van der Waals surface area contributed by atoms with Gasteiger partial charge in [-0.3, -0.25) is 9.78 Å². The molecule has 2 unspecified atom stereocenters. The van der Waals surface area contributed by atoms with Gasteiger partial charge in [0.2, 0.25) is 5.91 Å². The third kappa shape index (κ3) is 3.81. The monoisotopic (exact) mass is 251 g/mol. The molecule has 1 rings (SSSR count). The third-order valence-electron chi connectivity index (χ3n) is 2.71. The van der Waals surface area contributed by atoms with Crippen molar-refractivity contribution < 1.29 is 14.7 Å². The average Bonchev–Trinajstić information content (AvgIpc) is 2.35. The molecule has 0 saturated heterocycles. The fourth-order valence-corrected chi connectivity index (χ4v) is 1.29. The lowest BCUT2D eigenvalue weighted by Gasteiger charge is -2.15. The molecule has 0 spiro atoms. The highest BCUT2D eigenvalue weighted by molar-refractivity contribution is 5.87. The molecule has 4 N–H and O–H groups in total. The van der Waals surface area contributed by atoms with Crippen molar-refractivity contribution in [1.82, 2.24) is 10.3 Å². The summed E-state index contributed by atoms with van der Waals surface area (Å²) in [6, 6.07) is 2.60. The molecule has 1 heterocycles. The third-order valence-corrected chi connectivity index (χ3v) is 2.71. The van der Waals surface area contributed by atoms with Crippen LogP contribution in [-0.4, -0.2) is 28.0 Å². The number of carboxylic acids is 1. The van der Waals surface area contributed by atoms with Crippen LogP contribution in [0.5, 0.6) is 0 Å². The first-order valence-corrected chi connectivity index (χ1v) is 5.63. The van der Waals surface area contributed by atoms with Crippen LogP contribution >= 0.6 is 0 Å². The first-order chi connectivity index (χ1) is 8.41. The number of pyridine rings is 1. The molecule has 0 aliphatic rings. The number of hydrogen-bond acceptors (Lipinski definition) is 4. The second-order valence-corrected chi connectivity index (χ2v) is 4.21. The van der Waals surface area contributed by atoms with Crippen LogP contribution in [0.2, 0.25) is 0 Å². The smallest absolute Gasteiger partial charge is 0.335 e. The number of carbonyl (C=O) groups is 2. The van der Waals surface area contributed by atoms with Crippen molar-refractivity contribution in [3.8, 4) is 0 Å². The van der Waals surface area contributed by atoms with Gasteiger partial charge in [-0.05, 0) is 19.1 Å². The summed E-state index contributed by atoms with van der Waals surface area (Å²) in [5, 5.41) is 11.5. The van der Waals surface area contributed by atoms with Crippen molar-refractivity contribution in [2.24, 2.45) is 11.7 Å². The van der Waals surface area contributed by atoms with Crippen LogP contribution in [0.1, 0.15) is 29.9 Å². The van der Waals surface area contributed by atoms with Crippen molar-refractivity contribution in [3.63, 3.8) is 0 Å². The number of nitrogens with zero attached hydrogens (tertiary/aromatic N) is 1. The van der Waals surface area contributed by atoms with E-state index in [1.54, 1.807) is 13.8 Å². The minimum atomic E-state index is -1.02. The summed E-state index contributed by atoms with van der Waals surface area (Å²) >= 11 is 0. The summed E-state index contributed by atoms with van der Waals surface area (Å²) in [7, 11) is 0. The van der Waals surface area contributed by atoms with Crippen molar-refractivity contribution in [2.45, 2.75) is 26.4 Å². The van der Waals surface area contributed by atoms with Gasteiger partial charge in [0, 0.05) is 18.2 Å². The lowest BCUT2D eigenvalue weighted by molar-refractivity contribution is -0.125. The maximum atomic E-state index is 11.6. The second-order valence-electron chi connectivity index (χ2n) is 4.21. The van der Waals surface area contributed by atoms with E-state index in [2.05, 4.69) is 10.3 Å². The second kappa shape index (κ2) is 6.11. The molecule has 1 aromatic rings. The lowest BCUT2D eigenvalue weighted by atomic mass is 10.0. The van der Waals surface area contributed by atoms with E-state index in [1.807, 2.05) is 0 Å². The average molecular weight is 251 g/mol. The van der Waals surface area contributed by atoms with Gasteiger partial charge < -0.3 is 16.2 Å². The number of carboxylic acid groups (broad SMARTS) is 1. The van der Waals surface area contributed by atoms with Crippen molar-refractivity contribution in [1.29, 1.82) is 0 Å². The van der Waals surface area contributed by atoms with Crippen LogP contribution in [0, 0.1) is 5.92 Å². The highest BCUT2D eigenvalue weighted by Gasteiger charge is 2.16. The number of rotatable bonds is 5. The molecule has 0 radical (unpaired) electrons. The van der Waals surface area contributed by atoms with Gasteiger partial charge in [-0.15, -0.1) is 0 Å². The number of aromatic nitrogens is 1. The molecule has 6 heteroatoms. The van der Waals surface area contributed by atoms with Crippen molar-refractivity contribution >= 4 is 11.9 Å². The molecule has 0 saturated carbocycles. The summed E-state index contributed by atoms with van der Waals surface area (Å²) in [4.78, 5) is 26.4. The molecule has 0 bridgehead atoms. The van der Waals surface area contributed by atoms with E-state index in [4.69, 9.17) is 10.8 Å². The van der Waals surface area contributed by atoms with E-state index >= 15 is 0 Å². The van der Waals surface area contributed by atoms with Crippen LogP contribution < -0.4 is 11.1 Å². The van der Waals surface area contributed by atoms with E-state index in [0.29, 0.717) is 5.69 Å². The number of amides is 1. The first-order valence-electron chi connectivity index (χ1n) is 5.63. The number of nitrogens with one attached hydrogen (secondary N) is 1. The summed E-state index contributed by atoms with van der Waals surface area (Å²) in [6.45, 7) is 3.69. The molecule has 0 aliphatic heterocycles. The van der Waals surface area contributed by atoms with E-state index in [1.165, 1.54) is 18.3 Å². The van der Waals surface area contributed by atoms with Gasteiger partial charge in [0.15, 0.2) is 0 Å². The fraction of sp³-hybridized carbons (Fsp3) is 0.417. The Labute approximate surface area is 105 Å². The van der Waals surface area contributed by atoms with Gasteiger partial charge in [-0.2, -0.15) is 0 Å². The normalized spacial score (nSPS) is 13.7. The van der Waals surface area contributed by atoms with Crippen LogP contribution in [-0.2, 0) is 11.3 Å². The topological polar surface area (TPSA) is 105 Å². The minimum Gasteiger partial charge on any atom is -0.478 e. The molecule has 6 nitrogen and oxygen atoms in total. The number of hydrogen-bond donors (Lipinski definition) is 3. The molecule has 2 atom stereocenters. The zero-order valence-electron chi connectivity index (χ0n) is 10.4. The highest BCUT2D eigenvalue weighted by Crippen LogP contribution is 2.03. The Morgan fingerprint density at radius 3 is 2.72 bits per heavy atom. The van der Waals surface area contributed by atoms with E-state index < -0.39 is 5.97 Å². The van der Waals surface area contributed by atoms with Gasteiger partial charge >= 0.3 is 5.97 Å². The Morgan fingerprint density at radius 2 is 2.17 bits per heavy atom. The maximum Gasteiger partial charge on any atom is 0.335 e. The van der Waals surface area contributed by atoms with Crippen LogP contribution in [0.25, 0.3) is 0 Å². The molecule has 1 aromatic heterocycles. The van der Waals surface area contributed by atoms with Gasteiger partial charge in [0.1, 0.15) is 0 Å². The molecular formula is C12H17N3O3. The highest BCUT2D eigenvalue weighted by atomic mass is 16.4. The number of nitrogens with two attached hydrogens (primary N) is 1. The number of carbonyl (C=O) groups excluding carboxylic acids is 1. The van der Waals surface area contributed by atoms with E-state index in [-0.39, 0.29) is 30.0 Å². The van der Waals surface area contributed by atoms with Gasteiger partial charge in [0.25, 0.3) is 0 Å². The summed E-state index contributed by atoms with van der Waals surface area (Å²) in [5.41, 5.74) is 6.26. The molecular weight excluding hydrogens is 234 g/mol. The standard InChI is InChI=1S/C12H17N3O3/c1-7(8(2)13)11(16)15-6-10-5-9(12(17)18)3-4-14-10/h3-5,7-8H,6,13H2,1-2H3,(H,15,16)(H,17,18). The van der Waals surface area contributed by atoms with Crippen molar-refractivity contribution in [2.75, 3.05) is 0 Å². The largest absolute Gasteiger partial charge is 0.478 e. The predicted octanol–water partition coefficient (Wildman–Crippen LogP) is 0.379. The molecule has 0 aliphatic carbocycles. The quantitative estimate of drug-likeness (QED) is 0.701. The lowest BCUT2D eigenvalue weighted by Crippen LogP contribution is -2.38. The molecule has 0 fully saturated rings. The maximum absolute atomic E-state index is 11.6. The van der Waals surface area contributed by atoms with Crippen LogP contribution in [0.3, 0.4) is 0 Å². The van der Waals surface area contributed by atoms with E-state index in [0.717, 1.165) is 0 Å². The minimum absolute atomic E-state index is 0.148. The molecule has 1 amide bonds. The number of aromatic carboxylic acids is 1. The van der Waals surface area contributed by atoms with Gasteiger partial charge in [0.05, 0.1) is 17.8 Å². The fourth-order valence-electron chi connectivity index (χ4n) is 1.29. The Morgan fingerprint density at radius 1 is 1.50 bits per heavy atom. The van der Waals surface area contributed by atoms with Gasteiger partial charge in [-0.1, -0.05) is 6.92 Å². The van der Waals surface area contributed by atoms with Crippen molar-refractivity contribution in [3.05, 3.63) is 29.6 Å². The van der Waals surface area contributed by atoms with Gasteiger partial charge in [-0.25, -0.2) is 4.79 Å². The Bertz CT molecular complexity index is 446. The summed E-state index contributed by atoms with van der Waals surface area (Å²) in [6.07, 6.45) is 1.40. The van der Waals surface area contributed by atoms with Crippen LogP contribution in [0.15, 0.2) is 18.3 Å². The SMILES string of the molecule is CC(N)C(C)C(=O)NCc1cc(C(=O)O)ccn1. The Kier molecular flexibility index (Phi) is 4.79. The van der Waals surface area contributed by atoms with Crippen LogP contribution in [0.4, 0.5) is 0 Å². The Hall–Kier alpha value is -1.95. The summed E-state index contributed by atoms with van der Waals surface area (Å²) in [5.74, 6) is -1.49. The molecule has 98 valence electrons. The van der Waals surface area contributed by atoms with E-state index in [9.17, 15) is 9.59 Å². The molecule has 18 heavy (non-hydrogen) atoms.